The predicted molar refractivity (Wildman–Crippen MR) is 79.3 cm³/mol. The third-order valence-electron chi connectivity index (χ3n) is 4.37. The Hall–Kier alpha value is -1.42. The number of rotatable bonds is 6. The summed E-state index contributed by atoms with van der Waals surface area (Å²) in [6.45, 7) is 0. The molecule has 2 rings (SSSR count). The zero-order chi connectivity index (χ0) is 20.5. The molecule has 10 atom stereocenters. The van der Waals surface area contributed by atoms with E-state index in [0.29, 0.717) is 0 Å². The van der Waals surface area contributed by atoms with Crippen molar-refractivity contribution in [3.63, 3.8) is 0 Å². The Kier molecular flexibility index (Phi) is 7.07. The van der Waals surface area contributed by atoms with Gasteiger partial charge in [-0.15, -0.1) is 0 Å². The van der Waals surface area contributed by atoms with Gasteiger partial charge in [0.05, 0.1) is 0 Å². The molecule has 13 nitrogen and oxygen atoms in total. The van der Waals surface area contributed by atoms with Crippen molar-refractivity contribution in [1.82, 2.24) is 0 Å². The van der Waals surface area contributed by atoms with Gasteiger partial charge in [-0.05, 0) is 0 Å². The SMILES string of the molecule is CO[C@@H]1OC(C(=O)O)[C@H](OC2OC(C(=O)O)[C@H](OC)[C@@H](O)[C@@H]2O)[C@H](O)[C@H]1O. The lowest BCUT2D eigenvalue weighted by atomic mass is 9.96. The lowest BCUT2D eigenvalue weighted by Crippen LogP contribution is -2.65. The van der Waals surface area contributed by atoms with Crippen molar-refractivity contribution in [2.75, 3.05) is 14.2 Å². The molecule has 13 heteroatoms. The van der Waals surface area contributed by atoms with E-state index in [1.54, 1.807) is 0 Å². The summed E-state index contributed by atoms with van der Waals surface area (Å²) in [4.78, 5) is 22.7. The van der Waals surface area contributed by atoms with Crippen molar-refractivity contribution < 1.29 is 63.9 Å². The fraction of sp³-hybridized carbons (Fsp3) is 0.857. The van der Waals surface area contributed by atoms with Gasteiger partial charge in [-0.1, -0.05) is 0 Å². The fourth-order valence-electron chi connectivity index (χ4n) is 2.95. The van der Waals surface area contributed by atoms with Crippen LogP contribution in [0, 0.1) is 0 Å². The van der Waals surface area contributed by atoms with Crippen molar-refractivity contribution in [2.45, 2.75) is 61.4 Å². The van der Waals surface area contributed by atoms with Crippen LogP contribution >= 0.6 is 0 Å². The van der Waals surface area contributed by atoms with Crippen LogP contribution in [0.15, 0.2) is 0 Å². The Balaban J connectivity index is 2.24. The van der Waals surface area contributed by atoms with Gasteiger partial charge in [-0.25, -0.2) is 9.59 Å². The molecule has 2 aliphatic heterocycles. The highest BCUT2D eigenvalue weighted by molar-refractivity contribution is 5.74. The lowest BCUT2D eigenvalue weighted by Gasteiger charge is -2.45. The summed E-state index contributed by atoms with van der Waals surface area (Å²) < 4.78 is 24.9. The number of carboxylic acid groups (broad SMARTS) is 2. The van der Waals surface area contributed by atoms with E-state index >= 15 is 0 Å². The molecule has 6 N–H and O–H groups in total. The van der Waals surface area contributed by atoms with E-state index < -0.39 is 73.4 Å². The van der Waals surface area contributed by atoms with Crippen molar-refractivity contribution >= 4 is 11.9 Å². The molecule has 0 aromatic heterocycles. The van der Waals surface area contributed by atoms with Crippen LogP contribution in [0.1, 0.15) is 0 Å². The number of carboxylic acids is 2. The molecule has 2 saturated heterocycles. The topological polar surface area (TPSA) is 202 Å². The Morgan fingerprint density at radius 1 is 0.704 bits per heavy atom. The molecule has 0 amide bonds. The third-order valence-corrected chi connectivity index (χ3v) is 4.37. The maximum Gasteiger partial charge on any atom is 0.335 e. The number of hydrogen-bond donors (Lipinski definition) is 6. The molecule has 2 fully saturated rings. The van der Waals surface area contributed by atoms with E-state index in [0.717, 1.165) is 14.2 Å². The molecule has 0 saturated carbocycles. The van der Waals surface area contributed by atoms with Gasteiger partial charge < -0.3 is 54.3 Å². The van der Waals surface area contributed by atoms with Gasteiger partial charge in [-0.3, -0.25) is 0 Å². The van der Waals surface area contributed by atoms with E-state index in [9.17, 15) is 40.2 Å². The smallest absolute Gasteiger partial charge is 0.335 e. The van der Waals surface area contributed by atoms with Crippen LogP contribution < -0.4 is 0 Å². The van der Waals surface area contributed by atoms with Crippen LogP contribution in [0.5, 0.6) is 0 Å². The van der Waals surface area contributed by atoms with Crippen LogP contribution in [0.4, 0.5) is 0 Å². The molecular formula is C14H22O13. The van der Waals surface area contributed by atoms with Crippen LogP contribution in [-0.4, -0.2) is 118 Å². The number of aliphatic hydroxyl groups is 4. The average Bonchev–Trinajstić information content (AvgIpc) is 2.62. The summed E-state index contributed by atoms with van der Waals surface area (Å²) in [7, 11) is 2.22. The fourth-order valence-corrected chi connectivity index (χ4v) is 2.95. The molecule has 3 unspecified atom stereocenters. The van der Waals surface area contributed by atoms with Crippen LogP contribution in [0.2, 0.25) is 0 Å². The van der Waals surface area contributed by atoms with Crippen molar-refractivity contribution in [1.29, 1.82) is 0 Å². The predicted octanol–water partition coefficient (Wildman–Crippen LogP) is -3.90. The minimum atomic E-state index is -1.86. The zero-order valence-corrected chi connectivity index (χ0v) is 14.3. The maximum absolute atomic E-state index is 11.4. The first-order valence-electron chi connectivity index (χ1n) is 7.83. The first-order chi connectivity index (χ1) is 12.6. The van der Waals surface area contributed by atoms with E-state index in [4.69, 9.17) is 23.7 Å². The first kappa shape index (κ1) is 21.9. The van der Waals surface area contributed by atoms with Gasteiger partial charge in [0.2, 0.25) is 0 Å². The number of ether oxygens (including phenoxy) is 5. The molecule has 0 radical (unpaired) electrons. The standard InChI is InChI=1S/C14H22O13/c1-23-7-3(15)6(18)14(27-9(7)11(19)20)25-8-4(16)5(17)13(24-2)26-10(8)12(21)22/h3-10,13-18H,1-2H3,(H,19,20)(H,21,22)/t3-,4+,5+,6-,7+,8+,9?,10?,13+,14?/m0/s1. The second kappa shape index (κ2) is 8.72. The van der Waals surface area contributed by atoms with Crippen molar-refractivity contribution in [2.24, 2.45) is 0 Å². The maximum atomic E-state index is 11.4. The molecule has 0 spiro atoms. The number of aliphatic carboxylic acids is 2. The van der Waals surface area contributed by atoms with Crippen LogP contribution in [-0.2, 0) is 33.3 Å². The van der Waals surface area contributed by atoms with Gasteiger partial charge >= 0.3 is 11.9 Å². The second-order valence-corrected chi connectivity index (χ2v) is 6.03. The molecule has 2 aliphatic rings. The lowest BCUT2D eigenvalue weighted by molar-refractivity contribution is -0.349. The molecule has 156 valence electrons. The molecule has 2 heterocycles. The number of methoxy groups -OCH3 is 2. The Morgan fingerprint density at radius 2 is 1.15 bits per heavy atom. The highest BCUT2D eigenvalue weighted by Crippen LogP contribution is 2.30. The zero-order valence-electron chi connectivity index (χ0n) is 14.3. The van der Waals surface area contributed by atoms with Gasteiger partial charge in [-0.2, -0.15) is 0 Å². The molecular weight excluding hydrogens is 376 g/mol. The molecule has 0 aliphatic carbocycles. The van der Waals surface area contributed by atoms with E-state index in [1.165, 1.54) is 0 Å². The molecule has 0 aromatic carbocycles. The summed E-state index contributed by atoms with van der Waals surface area (Å²) in [5.74, 6) is -3.11. The summed E-state index contributed by atoms with van der Waals surface area (Å²) in [5, 5.41) is 58.7. The van der Waals surface area contributed by atoms with E-state index in [1.807, 2.05) is 0 Å². The van der Waals surface area contributed by atoms with Crippen LogP contribution in [0.25, 0.3) is 0 Å². The van der Waals surface area contributed by atoms with Crippen LogP contribution in [0.3, 0.4) is 0 Å². The molecule has 0 bridgehead atoms. The van der Waals surface area contributed by atoms with Gasteiger partial charge in [0.1, 0.15) is 36.6 Å². The Morgan fingerprint density at radius 3 is 1.63 bits per heavy atom. The van der Waals surface area contributed by atoms with E-state index in [-0.39, 0.29) is 0 Å². The minimum Gasteiger partial charge on any atom is -0.479 e. The highest BCUT2D eigenvalue weighted by Gasteiger charge is 2.54. The van der Waals surface area contributed by atoms with Gasteiger partial charge in [0.15, 0.2) is 24.8 Å². The average molecular weight is 398 g/mol. The van der Waals surface area contributed by atoms with Gasteiger partial charge in [0.25, 0.3) is 0 Å². The minimum absolute atomic E-state index is 1.10. The molecule has 27 heavy (non-hydrogen) atoms. The first-order valence-corrected chi connectivity index (χ1v) is 7.83. The van der Waals surface area contributed by atoms with E-state index in [2.05, 4.69) is 0 Å². The number of hydrogen-bond acceptors (Lipinski definition) is 11. The highest BCUT2D eigenvalue weighted by atomic mass is 16.7. The molecule has 0 aromatic rings. The number of aliphatic hydroxyl groups excluding tert-OH is 4. The largest absolute Gasteiger partial charge is 0.479 e. The monoisotopic (exact) mass is 398 g/mol. The summed E-state index contributed by atoms with van der Waals surface area (Å²) >= 11 is 0. The van der Waals surface area contributed by atoms with Crippen molar-refractivity contribution in [3.8, 4) is 0 Å². The Labute approximate surface area is 152 Å². The summed E-state index contributed by atoms with van der Waals surface area (Å²) in [6.07, 6.45) is -17.3. The van der Waals surface area contributed by atoms with Crippen molar-refractivity contribution in [3.05, 3.63) is 0 Å². The number of carbonyl (C=O) groups is 2. The normalized spacial score (nSPS) is 45.4. The quantitative estimate of drug-likeness (QED) is 0.254. The Bertz CT molecular complexity index is 541. The third kappa shape index (κ3) is 4.21. The summed E-state index contributed by atoms with van der Waals surface area (Å²) in [5.41, 5.74) is 0. The summed E-state index contributed by atoms with van der Waals surface area (Å²) in [6, 6.07) is 0. The van der Waals surface area contributed by atoms with Gasteiger partial charge in [0, 0.05) is 14.2 Å². The second-order valence-electron chi connectivity index (χ2n) is 6.03.